The van der Waals surface area contributed by atoms with Gasteiger partial charge in [-0.05, 0) is 23.8 Å². The van der Waals surface area contributed by atoms with Gasteiger partial charge in [-0.3, -0.25) is 9.78 Å². The monoisotopic (exact) mass is 333 g/mol. The van der Waals surface area contributed by atoms with Crippen molar-refractivity contribution >= 4 is 22.7 Å². The molecule has 4 rings (SSSR count). The second-order valence-corrected chi connectivity index (χ2v) is 5.59. The molecule has 0 bridgehead atoms. The van der Waals surface area contributed by atoms with Crippen molar-refractivity contribution in [3.05, 3.63) is 72.3 Å². The van der Waals surface area contributed by atoms with E-state index in [4.69, 9.17) is 4.52 Å². The highest BCUT2D eigenvalue weighted by atomic mass is 16.5. The Morgan fingerprint density at radius 3 is 2.92 bits per heavy atom. The molecule has 0 aliphatic carbocycles. The van der Waals surface area contributed by atoms with Crippen molar-refractivity contribution < 1.29 is 9.32 Å². The standard InChI is InChI=1S/C18H15N5O2/c24-18(10-15-14-5-1-2-6-16(14)25-22-15)21-17-7-9-20-23(17)12-13-4-3-8-19-11-13/h1-9,11H,10,12H2,(H,21,24). The van der Waals surface area contributed by atoms with Gasteiger partial charge in [-0.2, -0.15) is 5.10 Å². The number of carbonyl (C=O) groups excluding carboxylic acids is 1. The van der Waals surface area contributed by atoms with E-state index < -0.39 is 0 Å². The number of aromatic nitrogens is 4. The largest absolute Gasteiger partial charge is 0.356 e. The lowest BCUT2D eigenvalue weighted by molar-refractivity contribution is -0.115. The number of carbonyl (C=O) groups is 1. The van der Waals surface area contributed by atoms with E-state index in [-0.39, 0.29) is 12.3 Å². The summed E-state index contributed by atoms with van der Waals surface area (Å²) in [5.74, 6) is 0.452. The zero-order valence-corrected chi connectivity index (χ0v) is 13.3. The maximum atomic E-state index is 12.4. The van der Waals surface area contributed by atoms with E-state index >= 15 is 0 Å². The van der Waals surface area contributed by atoms with Crippen LogP contribution in [0.4, 0.5) is 5.82 Å². The number of fused-ring (bicyclic) bond motifs is 1. The molecule has 0 spiro atoms. The van der Waals surface area contributed by atoms with E-state index in [0.29, 0.717) is 23.6 Å². The van der Waals surface area contributed by atoms with Gasteiger partial charge in [0.1, 0.15) is 11.5 Å². The topological polar surface area (TPSA) is 85.8 Å². The van der Waals surface area contributed by atoms with Gasteiger partial charge < -0.3 is 9.84 Å². The number of nitrogens with one attached hydrogen (secondary N) is 1. The lowest BCUT2D eigenvalue weighted by Gasteiger charge is -2.08. The lowest BCUT2D eigenvalue weighted by Crippen LogP contribution is -2.18. The quantitative estimate of drug-likeness (QED) is 0.607. The molecule has 0 fully saturated rings. The first-order chi connectivity index (χ1) is 12.3. The minimum Gasteiger partial charge on any atom is -0.356 e. The Morgan fingerprint density at radius 2 is 2.04 bits per heavy atom. The summed E-state index contributed by atoms with van der Waals surface area (Å²) in [7, 11) is 0. The molecule has 124 valence electrons. The van der Waals surface area contributed by atoms with Crippen LogP contribution in [0, 0.1) is 0 Å². The van der Waals surface area contributed by atoms with Crippen molar-refractivity contribution in [2.45, 2.75) is 13.0 Å². The summed E-state index contributed by atoms with van der Waals surface area (Å²) >= 11 is 0. The van der Waals surface area contributed by atoms with Gasteiger partial charge in [0.05, 0.1) is 19.2 Å². The van der Waals surface area contributed by atoms with Crippen LogP contribution in [0.25, 0.3) is 11.0 Å². The molecule has 0 atom stereocenters. The van der Waals surface area contributed by atoms with E-state index in [1.807, 2.05) is 36.4 Å². The van der Waals surface area contributed by atoms with Gasteiger partial charge in [-0.15, -0.1) is 0 Å². The van der Waals surface area contributed by atoms with Crippen molar-refractivity contribution in [3.63, 3.8) is 0 Å². The number of para-hydroxylation sites is 1. The van der Waals surface area contributed by atoms with Crippen LogP contribution >= 0.6 is 0 Å². The zero-order chi connectivity index (χ0) is 17.1. The van der Waals surface area contributed by atoms with Crippen molar-refractivity contribution in [1.29, 1.82) is 0 Å². The van der Waals surface area contributed by atoms with Gasteiger partial charge in [0.15, 0.2) is 5.58 Å². The van der Waals surface area contributed by atoms with Gasteiger partial charge in [0, 0.05) is 23.8 Å². The van der Waals surface area contributed by atoms with Crippen molar-refractivity contribution in [2.24, 2.45) is 0 Å². The second kappa shape index (κ2) is 6.56. The molecule has 1 N–H and O–H groups in total. The van der Waals surface area contributed by atoms with Crippen LogP contribution in [0.3, 0.4) is 0 Å². The maximum absolute atomic E-state index is 12.4. The SMILES string of the molecule is O=C(Cc1noc2ccccc12)Nc1ccnn1Cc1cccnc1. The number of rotatable bonds is 5. The summed E-state index contributed by atoms with van der Waals surface area (Å²) in [4.78, 5) is 16.5. The summed E-state index contributed by atoms with van der Waals surface area (Å²) in [5, 5.41) is 12.0. The number of hydrogen-bond donors (Lipinski definition) is 1. The average Bonchev–Trinajstić information content (AvgIpc) is 3.23. The smallest absolute Gasteiger partial charge is 0.231 e. The third kappa shape index (κ3) is 3.25. The van der Waals surface area contributed by atoms with Gasteiger partial charge >= 0.3 is 0 Å². The summed E-state index contributed by atoms with van der Waals surface area (Å²) in [6.07, 6.45) is 5.28. The Kier molecular flexibility index (Phi) is 3.96. The molecular formula is C18H15N5O2. The molecule has 4 aromatic rings. The predicted octanol–water partition coefficient (Wildman–Crippen LogP) is 2.65. The fraction of sp³-hybridized carbons (Fsp3) is 0.111. The minimum absolute atomic E-state index is 0.134. The van der Waals surface area contributed by atoms with Crippen LogP contribution in [0.15, 0.2) is 65.6 Å². The number of nitrogens with zero attached hydrogens (tertiary/aromatic N) is 4. The van der Waals surface area contributed by atoms with E-state index in [9.17, 15) is 4.79 Å². The summed E-state index contributed by atoms with van der Waals surface area (Å²) in [6, 6.07) is 13.1. The molecule has 3 aromatic heterocycles. The maximum Gasteiger partial charge on any atom is 0.231 e. The fourth-order valence-electron chi connectivity index (χ4n) is 2.63. The number of hydrogen-bond acceptors (Lipinski definition) is 5. The summed E-state index contributed by atoms with van der Waals surface area (Å²) in [6.45, 7) is 0.531. The number of anilines is 1. The Morgan fingerprint density at radius 1 is 1.12 bits per heavy atom. The molecule has 0 unspecified atom stereocenters. The Balaban J connectivity index is 1.47. The highest BCUT2D eigenvalue weighted by Crippen LogP contribution is 2.18. The second-order valence-electron chi connectivity index (χ2n) is 5.59. The average molecular weight is 333 g/mol. The third-order valence-electron chi connectivity index (χ3n) is 3.82. The Bertz CT molecular complexity index is 1010. The van der Waals surface area contributed by atoms with Gasteiger partial charge in [-0.25, -0.2) is 4.68 Å². The van der Waals surface area contributed by atoms with Crippen molar-refractivity contribution in [1.82, 2.24) is 19.9 Å². The highest BCUT2D eigenvalue weighted by molar-refractivity contribution is 5.94. The molecule has 7 nitrogen and oxygen atoms in total. The van der Waals surface area contributed by atoms with Crippen LogP contribution in [0.5, 0.6) is 0 Å². The van der Waals surface area contributed by atoms with E-state index in [0.717, 1.165) is 10.9 Å². The number of pyridine rings is 1. The molecule has 0 saturated carbocycles. The molecule has 25 heavy (non-hydrogen) atoms. The van der Waals surface area contributed by atoms with Crippen LogP contribution in [0.1, 0.15) is 11.3 Å². The molecule has 0 saturated heterocycles. The zero-order valence-electron chi connectivity index (χ0n) is 13.3. The lowest BCUT2D eigenvalue weighted by atomic mass is 10.1. The molecule has 0 aliphatic heterocycles. The number of amides is 1. The summed E-state index contributed by atoms with van der Waals surface area (Å²) in [5.41, 5.74) is 2.29. The first-order valence-electron chi connectivity index (χ1n) is 7.83. The molecular weight excluding hydrogens is 318 g/mol. The van der Waals surface area contributed by atoms with Crippen LogP contribution < -0.4 is 5.32 Å². The van der Waals surface area contributed by atoms with Crippen LogP contribution in [-0.2, 0) is 17.8 Å². The summed E-state index contributed by atoms with van der Waals surface area (Å²) < 4.78 is 6.95. The molecule has 0 aliphatic rings. The molecule has 7 heteroatoms. The Hall–Kier alpha value is -3.48. The first kappa shape index (κ1) is 15.1. The van der Waals surface area contributed by atoms with Gasteiger partial charge in [0.25, 0.3) is 0 Å². The molecule has 0 radical (unpaired) electrons. The van der Waals surface area contributed by atoms with E-state index in [1.54, 1.807) is 29.3 Å². The van der Waals surface area contributed by atoms with Crippen molar-refractivity contribution in [2.75, 3.05) is 5.32 Å². The van der Waals surface area contributed by atoms with Gasteiger partial charge in [0.2, 0.25) is 5.91 Å². The van der Waals surface area contributed by atoms with Crippen LogP contribution in [0.2, 0.25) is 0 Å². The molecule has 3 heterocycles. The van der Waals surface area contributed by atoms with E-state index in [1.165, 1.54) is 0 Å². The Labute approximate surface area is 143 Å². The highest BCUT2D eigenvalue weighted by Gasteiger charge is 2.14. The minimum atomic E-state index is -0.174. The van der Waals surface area contributed by atoms with E-state index in [2.05, 4.69) is 20.6 Å². The molecule has 1 aromatic carbocycles. The number of benzene rings is 1. The predicted molar refractivity (Wildman–Crippen MR) is 91.9 cm³/mol. The van der Waals surface area contributed by atoms with Crippen molar-refractivity contribution in [3.8, 4) is 0 Å². The first-order valence-corrected chi connectivity index (χ1v) is 7.83. The van der Waals surface area contributed by atoms with Crippen LogP contribution in [-0.4, -0.2) is 25.8 Å². The van der Waals surface area contributed by atoms with Gasteiger partial charge in [-0.1, -0.05) is 23.4 Å². The third-order valence-corrected chi connectivity index (χ3v) is 3.82. The normalized spacial score (nSPS) is 10.9. The molecule has 1 amide bonds. The fourth-order valence-corrected chi connectivity index (χ4v) is 2.63.